The predicted molar refractivity (Wildman–Crippen MR) is 111 cm³/mol. The fourth-order valence-corrected chi connectivity index (χ4v) is 4.96. The van der Waals surface area contributed by atoms with Crippen molar-refractivity contribution in [3.05, 3.63) is 52.1 Å². The first-order valence-electron chi connectivity index (χ1n) is 10.2. The molecule has 0 spiro atoms. The molecule has 0 amide bonds. The van der Waals surface area contributed by atoms with Gasteiger partial charge in [0.15, 0.2) is 5.03 Å². The molecule has 1 N–H and O–H groups in total. The molecule has 1 unspecified atom stereocenters. The van der Waals surface area contributed by atoms with E-state index in [-0.39, 0.29) is 16.7 Å². The van der Waals surface area contributed by atoms with Crippen LogP contribution < -0.4 is 0 Å². The molecular weight excluding hydrogens is 390 g/mol. The number of cyclic esters (lactones) is 1. The zero-order valence-electron chi connectivity index (χ0n) is 16.8. The smallest absolute Gasteiger partial charge is 0.353 e. The maximum Gasteiger partial charge on any atom is 0.353 e. The number of hydrogen-bond donors (Lipinski definition) is 1. The number of carbonyl (C=O) groups excluding carboxylic acids is 1. The Bertz CT molecular complexity index is 921. The fourth-order valence-electron chi connectivity index (χ4n) is 4.86. The Kier molecular flexibility index (Phi) is 5.43. The van der Waals surface area contributed by atoms with E-state index in [0.717, 1.165) is 60.2 Å². The van der Waals surface area contributed by atoms with E-state index in [1.807, 2.05) is 13.8 Å². The number of carbonyl (C=O) groups is 1. The van der Waals surface area contributed by atoms with Gasteiger partial charge in [-0.3, -0.25) is 0 Å². The SMILES string of the molecule is Cc1noc(C)c1-c1ccc(CCC2(C3CCCC3)CC(O)=C(Cl)C(=O)O2)cc1. The summed E-state index contributed by atoms with van der Waals surface area (Å²) in [5.41, 5.74) is 3.48. The van der Waals surface area contributed by atoms with E-state index < -0.39 is 11.6 Å². The van der Waals surface area contributed by atoms with Crippen LogP contribution >= 0.6 is 11.6 Å². The van der Waals surface area contributed by atoms with E-state index in [9.17, 15) is 9.90 Å². The van der Waals surface area contributed by atoms with Gasteiger partial charge < -0.3 is 14.4 Å². The van der Waals surface area contributed by atoms with Crippen LogP contribution in [0.25, 0.3) is 11.1 Å². The largest absolute Gasteiger partial charge is 0.510 e. The van der Waals surface area contributed by atoms with Crippen molar-refractivity contribution in [2.45, 2.75) is 64.4 Å². The van der Waals surface area contributed by atoms with Crippen molar-refractivity contribution in [1.29, 1.82) is 0 Å². The lowest BCUT2D eigenvalue weighted by atomic mass is 9.77. The number of benzene rings is 1. The zero-order valence-corrected chi connectivity index (χ0v) is 17.6. The average molecular weight is 416 g/mol. The molecule has 2 aromatic rings. The second kappa shape index (κ2) is 7.86. The molecule has 1 fully saturated rings. The van der Waals surface area contributed by atoms with Gasteiger partial charge in [0.2, 0.25) is 0 Å². The van der Waals surface area contributed by atoms with Crippen LogP contribution in [0.15, 0.2) is 39.6 Å². The van der Waals surface area contributed by atoms with Crippen LogP contribution in [0.5, 0.6) is 0 Å². The van der Waals surface area contributed by atoms with Crippen LogP contribution in [0.1, 0.15) is 55.5 Å². The summed E-state index contributed by atoms with van der Waals surface area (Å²) >= 11 is 5.90. The van der Waals surface area contributed by atoms with Crippen molar-refractivity contribution < 1.29 is 19.2 Å². The zero-order chi connectivity index (χ0) is 20.6. The van der Waals surface area contributed by atoms with Gasteiger partial charge in [-0.05, 0) is 56.6 Å². The minimum absolute atomic E-state index is 0.0384. The molecule has 154 valence electrons. The number of ether oxygens (including phenoxy) is 1. The molecule has 29 heavy (non-hydrogen) atoms. The van der Waals surface area contributed by atoms with Crippen LogP contribution in [-0.2, 0) is 16.0 Å². The van der Waals surface area contributed by atoms with Crippen molar-refractivity contribution >= 4 is 17.6 Å². The van der Waals surface area contributed by atoms with Gasteiger partial charge in [0.1, 0.15) is 17.1 Å². The first-order valence-corrected chi connectivity index (χ1v) is 10.6. The molecular formula is C23H26ClNO4. The monoisotopic (exact) mass is 415 g/mol. The molecule has 2 heterocycles. The highest BCUT2D eigenvalue weighted by Gasteiger charge is 2.47. The van der Waals surface area contributed by atoms with Gasteiger partial charge in [-0.25, -0.2) is 4.79 Å². The van der Waals surface area contributed by atoms with Gasteiger partial charge in [0.05, 0.1) is 5.69 Å². The van der Waals surface area contributed by atoms with Crippen LogP contribution in [0.2, 0.25) is 0 Å². The molecule has 1 aliphatic carbocycles. The molecule has 0 bridgehead atoms. The summed E-state index contributed by atoms with van der Waals surface area (Å²) < 4.78 is 11.1. The minimum atomic E-state index is -0.670. The van der Waals surface area contributed by atoms with Gasteiger partial charge in [-0.15, -0.1) is 0 Å². The number of hydrogen-bond acceptors (Lipinski definition) is 5. The molecule has 1 aliphatic heterocycles. The Balaban J connectivity index is 1.53. The third kappa shape index (κ3) is 3.80. The van der Waals surface area contributed by atoms with Crippen molar-refractivity contribution in [3.63, 3.8) is 0 Å². The topological polar surface area (TPSA) is 72.6 Å². The van der Waals surface area contributed by atoms with Crippen LogP contribution in [0.3, 0.4) is 0 Å². The maximum atomic E-state index is 12.2. The highest BCUT2D eigenvalue weighted by atomic mass is 35.5. The number of nitrogens with zero attached hydrogens (tertiary/aromatic N) is 1. The first kappa shape index (κ1) is 20.0. The molecule has 0 radical (unpaired) electrons. The Morgan fingerprint density at radius 2 is 1.90 bits per heavy atom. The fraction of sp³-hybridized carbons (Fsp3) is 0.478. The first-order chi connectivity index (χ1) is 13.9. The Morgan fingerprint density at radius 1 is 1.21 bits per heavy atom. The summed E-state index contributed by atoms with van der Waals surface area (Å²) in [6.45, 7) is 3.85. The van der Waals surface area contributed by atoms with E-state index in [1.54, 1.807) is 0 Å². The van der Waals surface area contributed by atoms with E-state index >= 15 is 0 Å². The number of aryl methyl sites for hydroxylation is 3. The lowest BCUT2D eigenvalue weighted by molar-refractivity contribution is -0.166. The second-order valence-electron chi connectivity index (χ2n) is 8.27. The van der Waals surface area contributed by atoms with E-state index in [1.165, 1.54) is 0 Å². The number of esters is 1. The summed E-state index contributed by atoms with van der Waals surface area (Å²) in [5, 5.41) is 14.1. The molecule has 0 saturated heterocycles. The predicted octanol–water partition coefficient (Wildman–Crippen LogP) is 5.78. The van der Waals surface area contributed by atoms with E-state index in [0.29, 0.717) is 12.8 Å². The Morgan fingerprint density at radius 3 is 2.48 bits per heavy atom. The highest BCUT2D eigenvalue weighted by Crippen LogP contribution is 2.46. The average Bonchev–Trinajstić information content (AvgIpc) is 3.36. The van der Waals surface area contributed by atoms with Crippen molar-refractivity contribution in [2.24, 2.45) is 5.92 Å². The molecule has 2 aliphatic rings. The number of aliphatic hydroxyl groups is 1. The summed E-state index contributed by atoms with van der Waals surface area (Å²) in [7, 11) is 0. The number of aliphatic hydroxyl groups excluding tert-OH is 1. The summed E-state index contributed by atoms with van der Waals surface area (Å²) in [6, 6.07) is 8.34. The third-order valence-electron chi connectivity index (χ3n) is 6.41. The molecule has 1 aromatic carbocycles. The standard InChI is InChI=1S/C23H26ClNO4/c1-14-20(15(2)29-25-14)17-9-7-16(8-10-17)11-12-23(18-5-3-4-6-18)13-19(26)21(24)22(27)28-23/h7-10,18,26H,3-6,11-13H2,1-2H3. The molecule has 1 aromatic heterocycles. The van der Waals surface area contributed by atoms with E-state index in [4.69, 9.17) is 20.9 Å². The van der Waals surface area contributed by atoms with Gasteiger partial charge in [0.25, 0.3) is 0 Å². The van der Waals surface area contributed by atoms with Crippen LogP contribution in [0.4, 0.5) is 0 Å². The molecule has 5 nitrogen and oxygen atoms in total. The quantitative estimate of drug-likeness (QED) is 0.627. The Labute approximate surface area is 175 Å². The maximum absolute atomic E-state index is 12.2. The normalized spacial score (nSPS) is 22.9. The molecule has 6 heteroatoms. The summed E-state index contributed by atoms with van der Waals surface area (Å²) in [6.07, 6.45) is 6.03. The number of halogens is 1. The van der Waals surface area contributed by atoms with Crippen molar-refractivity contribution in [1.82, 2.24) is 5.16 Å². The number of aromatic nitrogens is 1. The van der Waals surface area contributed by atoms with Crippen molar-refractivity contribution in [3.8, 4) is 11.1 Å². The molecule has 1 saturated carbocycles. The second-order valence-corrected chi connectivity index (χ2v) is 8.65. The van der Waals surface area contributed by atoms with Gasteiger partial charge in [0, 0.05) is 12.0 Å². The number of rotatable bonds is 5. The van der Waals surface area contributed by atoms with Crippen LogP contribution in [0, 0.1) is 19.8 Å². The Hall–Kier alpha value is -2.27. The molecule has 4 rings (SSSR count). The van der Waals surface area contributed by atoms with Gasteiger partial charge in [-0.2, -0.15) is 0 Å². The van der Waals surface area contributed by atoms with Crippen molar-refractivity contribution in [2.75, 3.05) is 0 Å². The van der Waals surface area contributed by atoms with Gasteiger partial charge in [-0.1, -0.05) is 53.9 Å². The lowest BCUT2D eigenvalue weighted by Crippen LogP contribution is -2.45. The molecule has 1 atom stereocenters. The third-order valence-corrected chi connectivity index (χ3v) is 6.78. The van der Waals surface area contributed by atoms with Crippen LogP contribution in [-0.4, -0.2) is 21.8 Å². The summed E-state index contributed by atoms with van der Waals surface area (Å²) in [4.78, 5) is 12.2. The minimum Gasteiger partial charge on any atom is -0.510 e. The van der Waals surface area contributed by atoms with Gasteiger partial charge >= 0.3 is 5.97 Å². The lowest BCUT2D eigenvalue weighted by Gasteiger charge is -2.41. The highest BCUT2D eigenvalue weighted by molar-refractivity contribution is 6.41. The van der Waals surface area contributed by atoms with E-state index in [2.05, 4.69) is 29.4 Å². The summed E-state index contributed by atoms with van der Waals surface area (Å²) in [5.74, 6) is 0.434.